The summed E-state index contributed by atoms with van der Waals surface area (Å²) in [5, 5.41) is 23.4. The van der Waals surface area contributed by atoms with E-state index in [2.05, 4.69) is 20.6 Å². The molecule has 174 valence electrons. The smallest absolute Gasteiger partial charge is 0.332 e. The second kappa shape index (κ2) is 9.65. The maximum absolute atomic E-state index is 13.1. The molecule has 2 aromatic heterocycles. The van der Waals surface area contributed by atoms with Crippen molar-refractivity contribution >= 4 is 5.97 Å². The fourth-order valence-corrected chi connectivity index (χ4v) is 4.05. The lowest BCUT2D eigenvalue weighted by Crippen LogP contribution is -2.44. The molecule has 0 bridgehead atoms. The Labute approximate surface area is 194 Å². The van der Waals surface area contributed by atoms with E-state index >= 15 is 0 Å². The second-order valence-electron chi connectivity index (χ2n) is 7.95. The highest BCUT2D eigenvalue weighted by Crippen LogP contribution is 2.29. The number of carbonyl (C=O) groups is 1. The van der Waals surface area contributed by atoms with Crippen molar-refractivity contribution in [2.75, 3.05) is 0 Å². The number of rotatable bonds is 8. The van der Waals surface area contributed by atoms with E-state index in [0.29, 0.717) is 23.5 Å². The largest absolute Gasteiger partial charge is 0.480 e. The van der Waals surface area contributed by atoms with E-state index in [1.807, 2.05) is 55.5 Å². The number of nitrogens with zero attached hydrogens (tertiary/aromatic N) is 5. The summed E-state index contributed by atoms with van der Waals surface area (Å²) in [5.41, 5.74) is 3.41. The van der Waals surface area contributed by atoms with E-state index < -0.39 is 23.8 Å². The first-order valence-corrected chi connectivity index (χ1v) is 10.9. The van der Waals surface area contributed by atoms with Crippen molar-refractivity contribution in [2.45, 2.75) is 39.8 Å². The monoisotopic (exact) mass is 460 g/mol. The van der Waals surface area contributed by atoms with Crippen LogP contribution in [0.3, 0.4) is 0 Å². The number of aromatic nitrogens is 6. The summed E-state index contributed by atoms with van der Waals surface area (Å²) in [6.45, 7) is 3.16. The zero-order valence-electron chi connectivity index (χ0n) is 18.9. The van der Waals surface area contributed by atoms with Gasteiger partial charge in [0.1, 0.15) is 6.54 Å². The van der Waals surface area contributed by atoms with E-state index in [-0.39, 0.29) is 6.54 Å². The van der Waals surface area contributed by atoms with E-state index in [4.69, 9.17) is 5.11 Å². The molecular weight excluding hydrogens is 436 g/mol. The molecule has 10 nitrogen and oxygen atoms in total. The third kappa shape index (κ3) is 4.42. The van der Waals surface area contributed by atoms with Crippen LogP contribution in [0.5, 0.6) is 0 Å². The van der Waals surface area contributed by atoms with Gasteiger partial charge in [0, 0.05) is 16.8 Å². The Bertz CT molecular complexity index is 1440. The zero-order chi connectivity index (χ0) is 24.2. The molecule has 2 aromatic carbocycles. The standard InChI is InChI=1S/C24H24N6O4/c1-3-6-20-15(2)23(33)30(14-21(31)32)24(34)29(20)13-16-9-11-17(12-10-16)18-7-4-5-8-19(18)22-25-27-28-26-22/h4-5,7-12H,3,6,13-14H2,1-2H3,(H,31,32)(H,25,26,27,28). The molecule has 4 aromatic rings. The van der Waals surface area contributed by atoms with Crippen LogP contribution in [0.1, 0.15) is 30.2 Å². The third-order valence-electron chi connectivity index (χ3n) is 5.69. The van der Waals surface area contributed by atoms with Crippen LogP contribution in [0.25, 0.3) is 22.5 Å². The fraction of sp³-hybridized carbons (Fsp3) is 0.250. The second-order valence-corrected chi connectivity index (χ2v) is 7.95. The van der Waals surface area contributed by atoms with Crippen LogP contribution < -0.4 is 11.2 Å². The number of nitrogens with one attached hydrogen (secondary N) is 1. The van der Waals surface area contributed by atoms with Crippen LogP contribution >= 0.6 is 0 Å². The molecule has 0 saturated heterocycles. The lowest BCUT2D eigenvalue weighted by molar-refractivity contribution is -0.137. The van der Waals surface area contributed by atoms with Crippen LogP contribution in [0.4, 0.5) is 0 Å². The Kier molecular flexibility index (Phi) is 6.48. The average molecular weight is 460 g/mol. The van der Waals surface area contributed by atoms with Gasteiger partial charge in [-0.1, -0.05) is 61.9 Å². The van der Waals surface area contributed by atoms with Crippen LogP contribution in [0, 0.1) is 6.92 Å². The molecular formula is C24H24N6O4. The van der Waals surface area contributed by atoms with Crippen molar-refractivity contribution in [1.29, 1.82) is 0 Å². The molecule has 2 heterocycles. The molecule has 0 unspecified atom stereocenters. The molecule has 0 amide bonds. The van der Waals surface area contributed by atoms with Gasteiger partial charge >= 0.3 is 11.7 Å². The van der Waals surface area contributed by atoms with Gasteiger partial charge in [-0.05, 0) is 35.2 Å². The van der Waals surface area contributed by atoms with Crippen molar-refractivity contribution < 1.29 is 9.90 Å². The summed E-state index contributed by atoms with van der Waals surface area (Å²) in [6, 6.07) is 15.4. The van der Waals surface area contributed by atoms with Gasteiger partial charge in [0.05, 0.1) is 6.54 Å². The topological polar surface area (TPSA) is 136 Å². The molecule has 0 aliphatic heterocycles. The Morgan fingerprint density at radius 3 is 2.35 bits per heavy atom. The van der Waals surface area contributed by atoms with Gasteiger partial charge in [-0.25, -0.2) is 9.36 Å². The lowest BCUT2D eigenvalue weighted by atomic mass is 9.98. The summed E-state index contributed by atoms with van der Waals surface area (Å²) in [4.78, 5) is 36.9. The predicted molar refractivity (Wildman–Crippen MR) is 125 cm³/mol. The number of carboxylic acids is 1. The Hall–Kier alpha value is -4.34. The number of aromatic amines is 1. The predicted octanol–water partition coefficient (Wildman–Crippen LogP) is 2.25. The third-order valence-corrected chi connectivity index (χ3v) is 5.69. The SMILES string of the molecule is CCCc1c(C)c(=O)n(CC(=O)O)c(=O)n1Cc1ccc(-c2ccccc2-c2nn[nH]n2)cc1. The molecule has 34 heavy (non-hydrogen) atoms. The maximum Gasteiger partial charge on any atom is 0.332 e. The number of hydrogen-bond acceptors (Lipinski definition) is 6. The van der Waals surface area contributed by atoms with Crippen LogP contribution in [-0.2, 0) is 24.3 Å². The summed E-state index contributed by atoms with van der Waals surface area (Å²) in [5.74, 6) is -0.746. The number of aliphatic carboxylic acids is 1. The molecule has 0 radical (unpaired) electrons. The van der Waals surface area contributed by atoms with Gasteiger partial charge < -0.3 is 5.11 Å². The van der Waals surface area contributed by atoms with E-state index in [1.165, 1.54) is 4.57 Å². The molecule has 10 heteroatoms. The summed E-state index contributed by atoms with van der Waals surface area (Å²) in [7, 11) is 0. The number of carboxylic acid groups (broad SMARTS) is 1. The summed E-state index contributed by atoms with van der Waals surface area (Å²) < 4.78 is 2.29. The van der Waals surface area contributed by atoms with Gasteiger partial charge in [0.2, 0.25) is 5.82 Å². The van der Waals surface area contributed by atoms with Crippen molar-refractivity contribution in [3.8, 4) is 22.5 Å². The molecule has 0 spiro atoms. The van der Waals surface area contributed by atoms with Crippen molar-refractivity contribution in [3.05, 3.63) is 86.2 Å². The Morgan fingerprint density at radius 2 is 1.74 bits per heavy atom. The maximum atomic E-state index is 13.1. The van der Waals surface area contributed by atoms with Gasteiger partial charge in [-0.15, -0.1) is 10.2 Å². The summed E-state index contributed by atoms with van der Waals surface area (Å²) >= 11 is 0. The molecule has 0 saturated carbocycles. The van der Waals surface area contributed by atoms with Crippen molar-refractivity contribution in [3.63, 3.8) is 0 Å². The van der Waals surface area contributed by atoms with Gasteiger partial charge in [-0.2, -0.15) is 5.21 Å². The average Bonchev–Trinajstić information content (AvgIpc) is 3.38. The summed E-state index contributed by atoms with van der Waals surface area (Å²) in [6.07, 6.45) is 1.29. The van der Waals surface area contributed by atoms with Gasteiger partial charge in [-0.3, -0.25) is 14.2 Å². The number of H-pyrrole nitrogens is 1. The lowest BCUT2D eigenvalue weighted by Gasteiger charge is -2.17. The van der Waals surface area contributed by atoms with Crippen molar-refractivity contribution in [2.24, 2.45) is 0 Å². The molecule has 0 fully saturated rings. The highest BCUT2D eigenvalue weighted by atomic mass is 16.4. The minimum absolute atomic E-state index is 0.224. The normalized spacial score (nSPS) is 11.0. The van der Waals surface area contributed by atoms with E-state index in [0.717, 1.165) is 33.2 Å². The quantitative estimate of drug-likeness (QED) is 0.412. The van der Waals surface area contributed by atoms with E-state index in [9.17, 15) is 14.4 Å². The minimum Gasteiger partial charge on any atom is -0.480 e. The molecule has 0 atom stereocenters. The number of tetrazole rings is 1. The minimum atomic E-state index is -1.24. The fourth-order valence-electron chi connectivity index (χ4n) is 4.05. The zero-order valence-corrected chi connectivity index (χ0v) is 18.9. The van der Waals surface area contributed by atoms with Crippen LogP contribution in [0.2, 0.25) is 0 Å². The van der Waals surface area contributed by atoms with Crippen molar-refractivity contribution in [1.82, 2.24) is 29.8 Å². The van der Waals surface area contributed by atoms with Gasteiger partial charge in [0.25, 0.3) is 5.56 Å². The highest BCUT2D eigenvalue weighted by molar-refractivity contribution is 5.80. The van der Waals surface area contributed by atoms with Crippen LogP contribution in [-0.4, -0.2) is 40.8 Å². The van der Waals surface area contributed by atoms with Gasteiger partial charge in [0.15, 0.2) is 0 Å². The molecule has 0 aliphatic carbocycles. The van der Waals surface area contributed by atoms with E-state index in [1.54, 1.807) is 6.92 Å². The van der Waals surface area contributed by atoms with Crippen LogP contribution in [0.15, 0.2) is 58.1 Å². The molecule has 0 aliphatic rings. The number of benzene rings is 2. The molecule has 2 N–H and O–H groups in total. The Balaban J connectivity index is 1.73. The first-order chi connectivity index (χ1) is 16.4. The molecule has 4 rings (SSSR count). The highest BCUT2D eigenvalue weighted by Gasteiger charge is 2.18. The Morgan fingerprint density at radius 1 is 1.03 bits per heavy atom. The first kappa shape index (κ1) is 22.8. The number of hydrogen-bond donors (Lipinski definition) is 2. The first-order valence-electron chi connectivity index (χ1n) is 10.9.